The minimum atomic E-state index is -0.121. The summed E-state index contributed by atoms with van der Waals surface area (Å²) in [4.78, 5) is 11.8. The van der Waals surface area contributed by atoms with Crippen molar-refractivity contribution in [1.82, 2.24) is 9.78 Å². The lowest BCUT2D eigenvalue weighted by atomic mass is 10.2. The molecular formula is C14H17N3O2. The van der Waals surface area contributed by atoms with Crippen LogP contribution in [0.3, 0.4) is 0 Å². The molecule has 0 bridgehead atoms. The molecule has 2 aromatic rings. The number of benzene rings is 1. The number of nitrogens with one attached hydrogen (secondary N) is 1. The van der Waals surface area contributed by atoms with Gasteiger partial charge in [0.15, 0.2) is 0 Å². The van der Waals surface area contributed by atoms with Crippen LogP contribution >= 0.6 is 0 Å². The molecule has 0 saturated heterocycles. The molecule has 0 aliphatic carbocycles. The number of aliphatic hydroxyl groups is 1. The first-order valence-electron chi connectivity index (χ1n) is 6.16. The van der Waals surface area contributed by atoms with Gasteiger partial charge in [-0.3, -0.25) is 9.48 Å². The van der Waals surface area contributed by atoms with Gasteiger partial charge in [0.05, 0.1) is 6.20 Å². The third-order valence-electron chi connectivity index (χ3n) is 2.69. The number of hydrogen-bond donors (Lipinski definition) is 2. The van der Waals surface area contributed by atoms with E-state index in [2.05, 4.69) is 10.4 Å². The molecule has 0 unspecified atom stereocenters. The summed E-state index contributed by atoms with van der Waals surface area (Å²) in [6.45, 7) is 2.23. The van der Waals surface area contributed by atoms with E-state index < -0.39 is 0 Å². The standard InChI is InChI=1S/C14H17N3O2/c1-11-3-2-4-13(7-11)16-14(19)10-17-9-12(5-6-18)8-15-17/h2-4,7-9,18H,5-6,10H2,1H3,(H,16,19). The lowest BCUT2D eigenvalue weighted by Crippen LogP contribution is -2.19. The number of carbonyl (C=O) groups is 1. The van der Waals surface area contributed by atoms with E-state index in [-0.39, 0.29) is 19.1 Å². The Kier molecular flexibility index (Phi) is 4.30. The van der Waals surface area contributed by atoms with Crippen molar-refractivity contribution in [3.05, 3.63) is 47.8 Å². The normalized spacial score (nSPS) is 10.4. The quantitative estimate of drug-likeness (QED) is 0.852. The molecule has 5 nitrogen and oxygen atoms in total. The Labute approximate surface area is 111 Å². The Morgan fingerprint density at radius 1 is 1.47 bits per heavy atom. The molecule has 1 heterocycles. The van der Waals surface area contributed by atoms with Gasteiger partial charge < -0.3 is 10.4 Å². The zero-order chi connectivity index (χ0) is 13.7. The van der Waals surface area contributed by atoms with Gasteiger partial charge in [-0.25, -0.2) is 0 Å². The Hall–Kier alpha value is -2.14. The van der Waals surface area contributed by atoms with E-state index in [0.29, 0.717) is 6.42 Å². The van der Waals surface area contributed by atoms with E-state index in [1.54, 1.807) is 17.1 Å². The minimum Gasteiger partial charge on any atom is -0.396 e. The van der Waals surface area contributed by atoms with Crippen LogP contribution < -0.4 is 5.32 Å². The second kappa shape index (κ2) is 6.15. The van der Waals surface area contributed by atoms with Gasteiger partial charge in [0, 0.05) is 18.5 Å². The maximum atomic E-state index is 11.8. The van der Waals surface area contributed by atoms with Gasteiger partial charge in [0.2, 0.25) is 5.91 Å². The fourth-order valence-electron chi connectivity index (χ4n) is 1.82. The first kappa shape index (κ1) is 13.3. The van der Waals surface area contributed by atoms with E-state index in [9.17, 15) is 4.79 Å². The summed E-state index contributed by atoms with van der Waals surface area (Å²) >= 11 is 0. The molecule has 0 aliphatic heterocycles. The maximum Gasteiger partial charge on any atom is 0.246 e. The lowest BCUT2D eigenvalue weighted by Gasteiger charge is -2.06. The first-order chi connectivity index (χ1) is 9.17. The molecular weight excluding hydrogens is 242 g/mol. The number of aliphatic hydroxyl groups excluding tert-OH is 1. The highest BCUT2D eigenvalue weighted by atomic mass is 16.3. The van der Waals surface area contributed by atoms with Gasteiger partial charge in [0.25, 0.3) is 0 Å². The maximum absolute atomic E-state index is 11.8. The number of hydrogen-bond acceptors (Lipinski definition) is 3. The summed E-state index contributed by atoms with van der Waals surface area (Å²) in [5.41, 5.74) is 2.81. The molecule has 0 saturated carbocycles. The molecule has 0 radical (unpaired) electrons. The Balaban J connectivity index is 1.93. The smallest absolute Gasteiger partial charge is 0.246 e. The molecule has 100 valence electrons. The average molecular weight is 259 g/mol. The largest absolute Gasteiger partial charge is 0.396 e. The fourth-order valence-corrected chi connectivity index (χ4v) is 1.82. The third kappa shape index (κ3) is 3.93. The van der Waals surface area contributed by atoms with Crippen LogP contribution in [0.15, 0.2) is 36.7 Å². The first-order valence-corrected chi connectivity index (χ1v) is 6.16. The van der Waals surface area contributed by atoms with Crippen LogP contribution in [0.5, 0.6) is 0 Å². The van der Waals surface area contributed by atoms with E-state index in [0.717, 1.165) is 16.8 Å². The fraction of sp³-hybridized carbons (Fsp3) is 0.286. The average Bonchev–Trinajstić information content (AvgIpc) is 2.77. The zero-order valence-corrected chi connectivity index (χ0v) is 10.8. The summed E-state index contributed by atoms with van der Waals surface area (Å²) in [5.74, 6) is -0.121. The van der Waals surface area contributed by atoms with Gasteiger partial charge in [-0.15, -0.1) is 0 Å². The highest BCUT2D eigenvalue weighted by molar-refractivity contribution is 5.90. The highest BCUT2D eigenvalue weighted by Crippen LogP contribution is 2.09. The Morgan fingerprint density at radius 3 is 3.05 bits per heavy atom. The zero-order valence-electron chi connectivity index (χ0n) is 10.8. The van der Waals surface area contributed by atoms with Gasteiger partial charge in [-0.05, 0) is 36.6 Å². The molecule has 0 fully saturated rings. The summed E-state index contributed by atoms with van der Waals surface area (Å²) < 4.78 is 1.57. The lowest BCUT2D eigenvalue weighted by molar-refractivity contribution is -0.116. The number of amides is 1. The van der Waals surface area contributed by atoms with Crippen molar-refractivity contribution in [3.63, 3.8) is 0 Å². The number of anilines is 1. The van der Waals surface area contributed by atoms with Gasteiger partial charge in [-0.1, -0.05) is 12.1 Å². The second-order valence-electron chi connectivity index (χ2n) is 4.44. The number of carbonyl (C=O) groups excluding carboxylic acids is 1. The van der Waals surface area contributed by atoms with Gasteiger partial charge in [-0.2, -0.15) is 5.10 Å². The molecule has 1 aromatic carbocycles. The number of aromatic nitrogens is 2. The van der Waals surface area contributed by atoms with E-state index in [1.807, 2.05) is 31.2 Å². The predicted molar refractivity (Wildman–Crippen MR) is 72.8 cm³/mol. The number of nitrogens with zero attached hydrogens (tertiary/aromatic N) is 2. The molecule has 0 aliphatic rings. The van der Waals surface area contributed by atoms with Crippen LogP contribution in [-0.2, 0) is 17.8 Å². The Morgan fingerprint density at radius 2 is 2.32 bits per heavy atom. The van der Waals surface area contributed by atoms with Crippen LogP contribution in [0.1, 0.15) is 11.1 Å². The van der Waals surface area contributed by atoms with Crippen LogP contribution in [-0.4, -0.2) is 27.4 Å². The van der Waals surface area contributed by atoms with E-state index >= 15 is 0 Å². The van der Waals surface area contributed by atoms with Gasteiger partial charge in [0.1, 0.15) is 6.54 Å². The van der Waals surface area contributed by atoms with Crippen molar-refractivity contribution < 1.29 is 9.90 Å². The second-order valence-corrected chi connectivity index (χ2v) is 4.44. The van der Waals surface area contributed by atoms with Crippen molar-refractivity contribution in [2.45, 2.75) is 19.9 Å². The molecule has 2 rings (SSSR count). The summed E-state index contributed by atoms with van der Waals surface area (Å²) in [6.07, 6.45) is 3.99. The Bertz CT molecular complexity index is 563. The van der Waals surface area contributed by atoms with Crippen LogP contribution in [0.25, 0.3) is 0 Å². The third-order valence-corrected chi connectivity index (χ3v) is 2.69. The van der Waals surface area contributed by atoms with Crippen molar-refractivity contribution in [2.75, 3.05) is 11.9 Å². The van der Waals surface area contributed by atoms with Crippen molar-refractivity contribution in [3.8, 4) is 0 Å². The minimum absolute atomic E-state index is 0.0845. The van der Waals surface area contributed by atoms with Crippen molar-refractivity contribution in [1.29, 1.82) is 0 Å². The predicted octanol–water partition coefficient (Wildman–Crippen LogP) is 1.37. The summed E-state index contributed by atoms with van der Waals surface area (Å²) in [6, 6.07) is 7.64. The molecule has 2 N–H and O–H groups in total. The molecule has 0 atom stereocenters. The molecule has 0 spiro atoms. The molecule has 1 aromatic heterocycles. The van der Waals surface area contributed by atoms with Crippen LogP contribution in [0.4, 0.5) is 5.69 Å². The van der Waals surface area contributed by atoms with Crippen LogP contribution in [0, 0.1) is 6.92 Å². The summed E-state index contributed by atoms with van der Waals surface area (Å²) in [7, 11) is 0. The molecule has 19 heavy (non-hydrogen) atoms. The monoisotopic (exact) mass is 259 g/mol. The summed E-state index contributed by atoms with van der Waals surface area (Å²) in [5, 5.41) is 15.7. The molecule has 1 amide bonds. The van der Waals surface area contributed by atoms with Crippen molar-refractivity contribution in [2.24, 2.45) is 0 Å². The number of rotatable bonds is 5. The van der Waals surface area contributed by atoms with E-state index in [4.69, 9.17) is 5.11 Å². The molecule has 5 heteroatoms. The topological polar surface area (TPSA) is 67.2 Å². The van der Waals surface area contributed by atoms with Crippen LogP contribution in [0.2, 0.25) is 0 Å². The number of aryl methyl sites for hydroxylation is 1. The SMILES string of the molecule is Cc1cccc(NC(=O)Cn2cc(CCO)cn2)c1. The van der Waals surface area contributed by atoms with Crippen molar-refractivity contribution >= 4 is 11.6 Å². The highest BCUT2D eigenvalue weighted by Gasteiger charge is 2.05. The van der Waals surface area contributed by atoms with Gasteiger partial charge >= 0.3 is 0 Å². The van der Waals surface area contributed by atoms with E-state index in [1.165, 1.54) is 0 Å².